The van der Waals surface area contributed by atoms with Crippen LogP contribution in [0.15, 0.2) is 35.3 Å². The van der Waals surface area contributed by atoms with Gasteiger partial charge in [0, 0.05) is 50.1 Å². The predicted molar refractivity (Wildman–Crippen MR) is 121 cm³/mol. The van der Waals surface area contributed by atoms with Crippen molar-refractivity contribution in [3.05, 3.63) is 45.8 Å². The molecule has 158 valence electrons. The van der Waals surface area contributed by atoms with Gasteiger partial charge in [-0.15, -0.1) is 0 Å². The Hall–Kier alpha value is -2.84. The van der Waals surface area contributed by atoms with E-state index in [2.05, 4.69) is 25.5 Å². The Balaban J connectivity index is 1.67. The first-order valence-corrected chi connectivity index (χ1v) is 10.3. The lowest BCUT2D eigenvalue weighted by atomic mass is 10.1. The van der Waals surface area contributed by atoms with E-state index in [1.165, 1.54) is 0 Å². The lowest BCUT2D eigenvalue weighted by Crippen LogP contribution is -2.51. The van der Waals surface area contributed by atoms with Crippen molar-refractivity contribution in [2.24, 2.45) is 7.05 Å². The molecule has 1 unspecified atom stereocenters. The number of fused-ring (bicyclic) bond motifs is 1. The summed E-state index contributed by atoms with van der Waals surface area (Å²) in [5, 5.41) is 7.95. The molecule has 1 aromatic carbocycles. The molecular weight excluding hydrogens is 404 g/mol. The number of nitrogens with one attached hydrogen (secondary N) is 2. The maximum Gasteiger partial charge on any atom is 0.252 e. The van der Waals surface area contributed by atoms with Crippen LogP contribution in [0.3, 0.4) is 0 Å². The van der Waals surface area contributed by atoms with Crippen molar-refractivity contribution in [3.8, 4) is 0 Å². The average molecular weight is 429 g/mol. The van der Waals surface area contributed by atoms with E-state index in [1.807, 2.05) is 25.1 Å². The number of nitrogens with zero attached hydrogens (tertiary/aromatic N) is 4. The minimum absolute atomic E-state index is 0.0530. The molecule has 9 heteroatoms. The van der Waals surface area contributed by atoms with Crippen molar-refractivity contribution >= 4 is 45.6 Å². The van der Waals surface area contributed by atoms with Gasteiger partial charge in [-0.2, -0.15) is 4.98 Å². The molecule has 0 amide bonds. The first-order chi connectivity index (χ1) is 14.5. The van der Waals surface area contributed by atoms with Crippen molar-refractivity contribution in [3.63, 3.8) is 0 Å². The third kappa shape index (κ3) is 3.80. The van der Waals surface area contributed by atoms with E-state index in [0.717, 1.165) is 41.8 Å². The predicted octanol–water partition coefficient (Wildman–Crippen LogP) is 3.38. The van der Waals surface area contributed by atoms with E-state index >= 15 is 0 Å². The second-order valence-corrected chi connectivity index (χ2v) is 7.71. The zero-order valence-electron chi connectivity index (χ0n) is 17.3. The molecule has 30 heavy (non-hydrogen) atoms. The number of aryl methyl sites for hydroxylation is 1. The largest absolute Gasteiger partial charge is 0.385 e. The standard InChI is InChI=1S/C21H25ClN6O2/c1-4-23-17-10-19(29)27(2)18-6-5-13(9-15(17)18)25-20-16(22)11-24-21(26-20)28-8-7-14(28)12-30-3/h5-6,9-11,14,23H,4,7-8,12H2,1-3H3,(H,24,25,26). The number of halogens is 1. The van der Waals surface area contributed by atoms with Gasteiger partial charge in [0.15, 0.2) is 5.82 Å². The first-order valence-electron chi connectivity index (χ1n) is 9.94. The highest BCUT2D eigenvalue weighted by Crippen LogP contribution is 2.31. The third-order valence-corrected chi connectivity index (χ3v) is 5.64. The Morgan fingerprint density at radius 2 is 2.17 bits per heavy atom. The molecule has 0 saturated carbocycles. The van der Waals surface area contributed by atoms with Gasteiger partial charge in [0.05, 0.1) is 24.4 Å². The number of rotatable bonds is 7. The van der Waals surface area contributed by atoms with Crippen LogP contribution in [0.5, 0.6) is 0 Å². The second kappa shape index (κ2) is 8.49. The van der Waals surface area contributed by atoms with Gasteiger partial charge in [0.1, 0.15) is 5.02 Å². The lowest BCUT2D eigenvalue weighted by Gasteiger charge is -2.40. The van der Waals surface area contributed by atoms with Crippen LogP contribution in [0.2, 0.25) is 5.02 Å². The normalized spacial score (nSPS) is 15.9. The van der Waals surface area contributed by atoms with Crippen molar-refractivity contribution in [2.45, 2.75) is 19.4 Å². The quantitative estimate of drug-likeness (QED) is 0.596. The fourth-order valence-corrected chi connectivity index (χ4v) is 3.80. The number of hydrogen-bond donors (Lipinski definition) is 2. The summed E-state index contributed by atoms with van der Waals surface area (Å²) in [5.74, 6) is 1.17. The lowest BCUT2D eigenvalue weighted by molar-refractivity contribution is 0.156. The van der Waals surface area contributed by atoms with Crippen molar-refractivity contribution in [1.29, 1.82) is 0 Å². The minimum Gasteiger partial charge on any atom is -0.385 e. The molecule has 1 aliphatic rings. The van der Waals surface area contributed by atoms with Gasteiger partial charge in [-0.05, 0) is 31.5 Å². The van der Waals surface area contributed by atoms with E-state index in [0.29, 0.717) is 23.4 Å². The fraction of sp³-hybridized carbons (Fsp3) is 0.381. The highest BCUT2D eigenvalue weighted by Gasteiger charge is 2.30. The van der Waals surface area contributed by atoms with Crippen molar-refractivity contribution < 1.29 is 4.74 Å². The summed E-state index contributed by atoms with van der Waals surface area (Å²) >= 11 is 6.37. The van der Waals surface area contributed by atoms with Gasteiger partial charge in [0.2, 0.25) is 5.95 Å². The van der Waals surface area contributed by atoms with E-state index in [4.69, 9.17) is 16.3 Å². The molecule has 1 saturated heterocycles. The Morgan fingerprint density at radius 3 is 2.87 bits per heavy atom. The average Bonchev–Trinajstić information content (AvgIpc) is 2.72. The van der Waals surface area contributed by atoms with E-state index < -0.39 is 0 Å². The Kier molecular flexibility index (Phi) is 5.78. The van der Waals surface area contributed by atoms with Crippen LogP contribution in [0.4, 0.5) is 23.1 Å². The fourth-order valence-electron chi connectivity index (χ4n) is 3.67. The number of aromatic nitrogens is 3. The van der Waals surface area contributed by atoms with Gasteiger partial charge in [-0.25, -0.2) is 4.98 Å². The molecule has 0 aliphatic carbocycles. The molecule has 4 rings (SSSR count). The SMILES string of the molecule is CCNc1cc(=O)n(C)c2ccc(Nc3nc(N4CCC4COC)ncc3Cl)cc12. The van der Waals surface area contributed by atoms with E-state index in [-0.39, 0.29) is 11.6 Å². The van der Waals surface area contributed by atoms with Gasteiger partial charge < -0.3 is 24.8 Å². The maximum absolute atomic E-state index is 12.2. The van der Waals surface area contributed by atoms with E-state index in [9.17, 15) is 4.79 Å². The molecule has 3 heterocycles. The summed E-state index contributed by atoms with van der Waals surface area (Å²) in [5.41, 5.74) is 2.42. The van der Waals surface area contributed by atoms with Gasteiger partial charge in [0.25, 0.3) is 5.56 Å². The Labute approximate surface area is 179 Å². The molecule has 1 fully saturated rings. The number of anilines is 4. The molecule has 1 atom stereocenters. The number of hydrogen-bond acceptors (Lipinski definition) is 7. The van der Waals surface area contributed by atoms with Crippen LogP contribution in [-0.4, -0.2) is 47.4 Å². The number of benzene rings is 1. The molecule has 0 bridgehead atoms. The zero-order chi connectivity index (χ0) is 21.3. The van der Waals surface area contributed by atoms with Crippen LogP contribution in [-0.2, 0) is 11.8 Å². The third-order valence-electron chi connectivity index (χ3n) is 5.37. The highest BCUT2D eigenvalue weighted by atomic mass is 35.5. The summed E-state index contributed by atoms with van der Waals surface area (Å²) in [4.78, 5) is 23.4. The molecule has 3 aromatic rings. The summed E-state index contributed by atoms with van der Waals surface area (Å²) in [6.07, 6.45) is 2.67. The summed E-state index contributed by atoms with van der Waals surface area (Å²) < 4.78 is 6.90. The first kappa shape index (κ1) is 20.4. The van der Waals surface area contributed by atoms with E-state index in [1.54, 1.807) is 31.0 Å². The van der Waals surface area contributed by atoms with Crippen LogP contribution in [0, 0.1) is 0 Å². The molecule has 1 aliphatic heterocycles. The Bertz CT molecular complexity index is 1130. The van der Waals surface area contributed by atoms with Crippen molar-refractivity contribution in [2.75, 3.05) is 42.3 Å². The monoisotopic (exact) mass is 428 g/mol. The maximum atomic E-state index is 12.2. The second-order valence-electron chi connectivity index (χ2n) is 7.30. The summed E-state index contributed by atoms with van der Waals surface area (Å²) in [6.45, 7) is 4.26. The zero-order valence-corrected chi connectivity index (χ0v) is 18.0. The minimum atomic E-state index is -0.0530. The molecular formula is C21H25ClN6O2. The number of pyridine rings is 1. The summed E-state index contributed by atoms with van der Waals surface area (Å²) in [7, 11) is 3.47. The Morgan fingerprint density at radius 1 is 1.33 bits per heavy atom. The van der Waals surface area contributed by atoms with Crippen LogP contribution in [0.25, 0.3) is 10.9 Å². The van der Waals surface area contributed by atoms with Gasteiger partial charge in [-0.3, -0.25) is 4.79 Å². The van der Waals surface area contributed by atoms with Crippen LogP contribution >= 0.6 is 11.6 Å². The molecule has 2 N–H and O–H groups in total. The number of methoxy groups -OCH3 is 1. The molecule has 2 aromatic heterocycles. The molecule has 8 nitrogen and oxygen atoms in total. The van der Waals surface area contributed by atoms with Crippen molar-refractivity contribution in [1.82, 2.24) is 14.5 Å². The number of ether oxygens (including phenoxy) is 1. The molecule has 0 spiro atoms. The van der Waals surface area contributed by atoms with Crippen LogP contribution in [0.1, 0.15) is 13.3 Å². The smallest absolute Gasteiger partial charge is 0.252 e. The van der Waals surface area contributed by atoms with Gasteiger partial charge >= 0.3 is 0 Å². The van der Waals surface area contributed by atoms with Gasteiger partial charge in [-0.1, -0.05) is 11.6 Å². The highest BCUT2D eigenvalue weighted by molar-refractivity contribution is 6.32. The van der Waals surface area contributed by atoms with Crippen LogP contribution < -0.4 is 21.1 Å². The summed E-state index contributed by atoms with van der Waals surface area (Å²) in [6, 6.07) is 7.72. The topological polar surface area (TPSA) is 84.3 Å². The molecule has 0 radical (unpaired) electrons.